The first-order valence-corrected chi connectivity index (χ1v) is 6.86. The summed E-state index contributed by atoms with van der Waals surface area (Å²) in [6.45, 7) is 0.198. The van der Waals surface area contributed by atoms with Gasteiger partial charge in [-0.05, 0) is 25.0 Å². The molecule has 0 aliphatic heterocycles. The van der Waals surface area contributed by atoms with Gasteiger partial charge < -0.3 is 10.5 Å². The van der Waals surface area contributed by atoms with E-state index < -0.39 is 0 Å². The molecule has 1 fully saturated rings. The molecule has 0 heterocycles. The van der Waals surface area contributed by atoms with E-state index in [1.807, 2.05) is 0 Å². The highest BCUT2D eigenvalue weighted by Crippen LogP contribution is 2.24. The number of rotatable bonds is 3. The Bertz CT molecular complexity index is 379. The molecule has 0 bridgehead atoms. The monoisotopic (exact) mass is 271 g/mol. The number of benzene rings is 1. The van der Waals surface area contributed by atoms with Crippen LogP contribution in [-0.4, -0.2) is 12.1 Å². The number of ether oxygens (including phenoxy) is 1. The highest BCUT2D eigenvalue weighted by molar-refractivity contribution is 6.31. The van der Waals surface area contributed by atoms with Crippen LogP contribution in [0.5, 0.6) is 0 Å². The van der Waals surface area contributed by atoms with Gasteiger partial charge >= 0.3 is 0 Å². The molecule has 0 aromatic heterocycles. The molecule has 1 aromatic rings. The van der Waals surface area contributed by atoms with E-state index in [-0.39, 0.29) is 24.6 Å². The minimum absolute atomic E-state index is 0.0168. The summed E-state index contributed by atoms with van der Waals surface area (Å²) in [7, 11) is 0. The maximum Gasteiger partial charge on any atom is 0.130 e. The Morgan fingerprint density at radius 1 is 1.28 bits per heavy atom. The van der Waals surface area contributed by atoms with Crippen LogP contribution < -0.4 is 5.73 Å². The Balaban J connectivity index is 1.98. The van der Waals surface area contributed by atoms with Gasteiger partial charge in [-0.3, -0.25) is 0 Å². The molecule has 100 valence electrons. The second-order valence-corrected chi connectivity index (χ2v) is 5.26. The molecule has 2 nitrogen and oxygen atoms in total. The first-order valence-electron chi connectivity index (χ1n) is 6.48. The Morgan fingerprint density at radius 3 is 2.83 bits per heavy atom. The third kappa shape index (κ3) is 3.44. The van der Waals surface area contributed by atoms with Gasteiger partial charge in [0.25, 0.3) is 0 Å². The Hall–Kier alpha value is -0.640. The lowest BCUT2D eigenvalue weighted by Crippen LogP contribution is -2.35. The van der Waals surface area contributed by atoms with Gasteiger partial charge in [0, 0.05) is 16.6 Å². The van der Waals surface area contributed by atoms with Crippen molar-refractivity contribution in [1.82, 2.24) is 0 Å². The van der Waals surface area contributed by atoms with Crippen molar-refractivity contribution in [3.63, 3.8) is 0 Å². The lowest BCUT2D eigenvalue weighted by Gasteiger charge is -2.22. The molecular weight excluding hydrogens is 253 g/mol. The fraction of sp³-hybridized carbons (Fsp3) is 0.571. The van der Waals surface area contributed by atoms with E-state index in [0.29, 0.717) is 10.6 Å². The molecule has 1 aliphatic rings. The average Bonchev–Trinajstić information content (AvgIpc) is 2.54. The van der Waals surface area contributed by atoms with Gasteiger partial charge in [0.1, 0.15) is 5.82 Å². The summed E-state index contributed by atoms with van der Waals surface area (Å²) in [6.07, 6.45) is 5.44. The number of hydrogen-bond donors (Lipinski definition) is 1. The van der Waals surface area contributed by atoms with Crippen molar-refractivity contribution in [3.05, 3.63) is 34.6 Å². The average molecular weight is 272 g/mol. The fourth-order valence-corrected chi connectivity index (χ4v) is 2.59. The van der Waals surface area contributed by atoms with Crippen LogP contribution >= 0.6 is 11.6 Å². The summed E-state index contributed by atoms with van der Waals surface area (Å²) >= 11 is 5.96. The van der Waals surface area contributed by atoms with E-state index in [1.165, 1.54) is 12.5 Å². The minimum Gasteiger partial charge on any atom is -0.372 e. The molecule has 0 amide bonds. The first kappa shape index (κ1) is 13.8. The first-order chi connectivity index (χ1) is 8.68. The van der Waals surface area contributed by atoms with Crippen molar-refractivity contribution in [1.29, 1.82) is 0 Å². The number of hydrogen-bond acceptors (Lipinski definition) is 2. The van der Waals surface area contributed by atoms with Crippen LogP contribution in [0.2, 0.25) is 5.02 Å². The standard InChI is InChI=1S/C14H19ClFNO/c15-11-5-4-6-12(16)10(11)9-18-14-8-3-1-2-7-13(14)17/h4-6,13-14H,1-3,7-9,17H2. The third-order valence-corrected chi connectivity index (χ3v) is 3.86. The zero-order valence-corrected chi connectivity index (χ0v) is 11.1. The molecule has 2 unspecified atom stereocenters. The molecule has 0 spiro atoms. The van der Waals surface area contributed by atoms with E-state index in [4.69, 9.17) is 22.1 Å². The maximum atomic E-state index is 13.6. The Labute approximate surface area is 112 Å². The molecule has 2 N–H and O–H groups in total. The quantitative estimate of drug-likeness (QED) is 0.852. The molecule has 1 aliphatic carbocycles. The molecular formula is C14H19ClFNO. The van der Waals surface area contributed by atoms with Gasteiger partial charge in [-0.25, -0.2) is 4.39 Å². The van der Waals surface area contributed by atoms with Crippen LogP contribution in [0.4, 0.5) is 4.39 Å². The van der Waals surface area contributed by atoms with Crippen LogP contribution in [0, 0.1) is 5.82 Å². The van der Waals surface area contributed by atoms with Gasteiger partial charge in [-0.15, -0.1) is 0 Å². The van der Waals surface area contributed by atoms with Gasteiger partial charge in [-0.1, -0.05) is 36.9 Å². The smallest absolute Gasteiger partial charge is 0.130 e. The van der Waals surface area contributed by atoms with Crippen LogP contribution in [0.3, 0.4) is 0 Å². The molecule has 18 heavy (non-hydrogen) atoms. The second-order valence-electron chi connectivity index (χ2n) is 4.85. The normalized spacial score (nSPS) is 24.8. The van der Waals surface area contributed by atoms with Crippen molar-refractivity contribution in [3.8, 4) is 0 Å². The number of halogens is 2. The van der Waals surface area contributed by atoms with Crippen molar-refractivity contribution >= 4 is 11.6 Å². The van der Waals surface area contributed by atoms with Gasteiger partial charge in [0.2, 0.25) is 0 Å². The summed E-state index contributed by atoms with van der Waals surface area (Å²) in [5.41, 5.74) is 6.49. The predicted molar refractivity (Wildman–Crippen MR) is 71.0 cm³/mol. The highest BCUT2D eigenvalue weighted by atomic mass is 35.5. The zero-order valence-electron chi connectivity index (χ0n) is 10.4. The van der Waals surface area contributed by atoms with E-state index >= 15 is 0 Å². The molecule has 0 radical (unpaired) electrons. The van der Waals surface area contributed by atoms with Crippen LogP contribution in [0.25, 0.3) is 0 Å². The van der Waals surface area contributed by atoms with Gasteiger partial charge in [0.15, 0.2) is 0 Å². The molecule has 2 rings (SSSR count). The van der Waals surface area contributed by atoms with E-state index in [0.717, 1.165) is 25.7 Å². The highest BCUT2D eigenvalue weighted by Gasteiger charge is 2.21. The summed E-state index contributed by atoms with van der Waals surface area (Å²) in [5, 5.41) is 0.414. The molecule has 1 saturated carbocycles. The lowest BCUT2D eigenvalue weighted by atomic mass is 10.1. The second kappa shape index (κ2) is 6.50. The predicted octanol–water partition coefficient (Wildman–Crippen LogP) is 3.66. The van der Waals surface area contributed by atoms with Crippen LogP contribution in [0.1, 0.15) is 37.7 Å². The van der Waals surface area contributed by atoms with Crippen molar-refractivity contribution < 1.29 is 9.13 Å². The maximum absolute atomic E-state index is 13.6. The summed E-state index contributed by atoms with van der Waals surface area (Å²) in [5.74, 6) is -0.315. The summed E-state index contributed by atoms with van der Waals surface area (Å²) < 4.78 is 19.4. The molecule has 0 saturated heterocycles. The molecule has 4 heteroatoms. The summed E-state index contributed by atoms with van der Waals surface area (Å²) in [4.78, 5) is 0. The minimum atomic E-state index is -0.315. The Morgan fingerprint density at radius 2 is 2.06 bits per heavy atom. The van der Waals surface area contributed by atoms with Crippen molar-refractivity contribution in [2.24, 2.45) is 5.73 Å². The Kier molecular flexibility index (Phi) is 4.98. The van der Waals surface area contributed by atoms with Gasteiger partial charge in [0.05, 0.1) is 12.7 Å². The van der Waals surface area contributed by atoms with Crippen LogP contribution in [-0.2, 0) is 11.3 Å². The topological polar surface area (TPSA) is 35.2 Å². The van der Waals surface area contributed by atoms with E-state index in [2.05, 4.69) is 0 Å². The number of nitrogens with two attached hydrogens (primary N) is 1. The largest absolute Gasteiger partial charge is 0.372 e. The third-order valence-electron chi connectivity index (χ3n) is 3.51. The SMILES string of the molecule is NC1CCCCCC1OCc1c(F)cccc1Cl. The van der Waals surface area contributed by atoms with Crippen molar-refractivity contribution in [2.75, 3.05) is 0 Å². The van der Waals surface area contributed by atoms with Crippen molar-refractivity contribution in [2.45, 2.75) is 50.9 Å². The molecule has 2 atom stereocenters. The zero-order chi connectivity index (χ0) is 13.0. The fourth-order valence-electron chi connectivity index (χ4n) is 2.37. The van der Waals surface area contributed by atoms with E-state index in [9.17, 15) is 4.39 Å². The molecule has 1 aromatic carbocycles. The summed E-state index contributed by atoms with van der Waals surface area (Å²) in [6, 6.07) is 4.73. The van der Waals surface area contributed by atoms with Gasteiger partial charge in [-0.2, -0.15) is 0 Å². The van der Waals surface area contributed by atoms with E-state index in [1.54, 1.807) is 12.1 Å². The van der Waals surface area contributed by atoms with Crippen LogP contribution in [0.15, 0.2) is 18.2 Å². The lowest BCUT2D eigenvalue weighted by molar-refractivity contribution is 0.0182.